The molecular weight excluding hydrogens is 691 g/mol. The van der Waals surface area contributed by atoms with E-state index in [0.29, 0.717) is 65.9 Å². The number of hydrogen-bond acceptors (Lipinski definition) is 10. The number of benzene rings is 2. The number of esters is 1. The predicted octanol–water partition coefficient (Wildman–Crippen LogP) is 3.67. The second-order valence-electron chi connectivity index (χ2n) is 9.06. The molecule has 1 N–H and O–H groups in total. The zero-order valence-corrected chi connectivity index (χ0v) is 27.2. The summed E-state index contributed by atoms with van der Waals surface area (Å²) in [5.74, 6) is -0.162. The number of para-hydroxylation sites is 1. The molecule has 13 heteroatoms. The summed E-state index contributed by atoms with van der Waals surface area (Å²) in [6, 6.07) is 7.87. The van der Waals surface area contributed by atoms with Crippen LogP contribution in [0, 0.1) is 3.57 Å². The van der Waals surface area contributed by atoms with Crippen LogP contribution in [-0.4, -0.2) is 55.1 Å². The van der Waals surface area contributed by atoms with Crippen molar-refractivity contribution in [2.45, 2.75) is 33.7 Å². The van der Waals surface area contributed by atoms with Crippen LogP contribution in [0.5, 0.6) is 23.0 Å². The molecule has 3 aromatic rings. The molecule has 1 aliphatic rings. The molecule has 1 aliphatic heterocycles. The van der Waals surface area contributed by atoms with Gasteiger partial charge in [-0.15, -0.1) is 0 Å². The standard InChI is InChI=1S/C30H31IN2O9S/c1-6-39-21-13-17(12-19(31)27(21)42-15-23(34)35)14-22-28(36)33-25(18-10-9-11-20(38-5)26(18)40-7-2)24(29(37)41-8-3)16(4)32-30(33)43-22/h9-14,25H,6-8,15H2,1-5H3,(H,34,35)/b22-14+/t25-/m0/s1. The fourth-order valence-corrected chi connectivity index (χ4v) is 6.48. The van der Waals surface area contributed by atoms with Crippen molar-refractivity contribution in [3.05, 3.63) is 76.0 Å². The fraction of sp³-hybridized carbons (Fsp3) is 0.333. The van der Waals surface area contributed by atoms with Gasteiger partial charge < -0.3 is 28.8 Å². The van der Waals surface area contributed by atoms with Crippen molar-refractivity contribution < 1.29 is 38.4 Å². The Morgan fingerprint density at radius 1 is 1.07 bits per heavy atom. The number of nitrogens with zero attached hydrogens (tertiary/aromatic N) is 2. The second kappa shape index (κ2) is 14.1. The third kappa shape index (κ3) is 6.72. The molecule has 0 unspecified atom stereocenters. The van der Waals surface area contributed by atoms with E-state index in [-0.39, 0.29) is 17.7 Å². The zero-order valence-electron chi connectivity index (χ0n) is 24.3. The molecule has 0 saturated carbocycles. The van der Waals surface area contributed by atoms with Gasteiger partial charge in [0.05, 0.1) is 46.3 Å². The Bertz CT molecular complexity index is 1760. The molecule has 1 aromatic heterocycles. The number of carbonyl (C=O) groups excluding carboxylic acids is 1. The first kappa shape index (κ1) is 32.1. The van der Waals surface area contributed by atoms with E-state index >= 15 is 0 Å². The Morgan fingerprint density at radius 3 is 2.47 bits per heavy atom. The number of allylic oxidation sites excluding steroid dienone is 1. The highest BCUT2D eigenvalue weighted by Gasteiger charge is 2.36. The van der Waals surface area contributed by atoms with Crippen molar-refractivity contribution >= 4 is 51.9 Å². The van der Waals surface area contributed by atoms with Gasteiger partial charge in [-0.1, -0.05) is 23.5 Å². The van der Waals surface area contributed by atoms with E-state index in [2.05, 4.69) is 4.99 Å². The number of fused-ring (bicyclic) bond motifs is 1. The molecule has 0 radical (unpaired) electrons. The summed E-state index contributed by atoms with van der Waals surface area (Å²) >= 11 is 3.21. The lowest BCUT2D eigenvalue weighted by Crippen LogP contribution is -2.40. The van der Waals surface area contributed by atoms with Gasteiger partial charge in [0.25, 0.3) is 5.56 Å². The summed E-state index contributed by atoms with van der Waals surface area (Å²) in [6.45, 7) is 7.35. The number of carboxylic acid groups (broad SMARTS) is 1. The normalized spacial score (nSPS) is 14.6. The zero-order chi connectivity index (χ0) is 31.3. The van der Waals surface area contributed by atoms with E-state index < -0.39 is 24.6 Å². The minimum absolute atomic E-state index is 0.149. The summed E-state index contributed by atoms with van der Waals surface area (Å²) < 4.78 is 30.6. The maximum Gasteiger partial charge on any atom is 0.341 e. The monoisotopic (exact) mass is 722 g/mol. The first-order valence-corrected chi connectivity index (χ1v) is 15.3. The van der Waals surface area contributed by atoms with Crippen LogP contribution in [-0.2, 0) is 14.3 Å². The maximum atomic E-state index is 14.1. The van der Waals surface area contributed by atoms with E-state index in [1.54, 1.807) is 57.2 Å². The van der Waals surface area contributed by atoms with E-state index in [0.717, 1.165) is 0 Å². The van der Waals surface area contributed by atoms with Gasteiger partial charge >= 0.3 is 11.9 Å². The number of thiazole rings is 1. The number of halogens is 1. The largest absolute Gasteiger partial charge is 0.493 e. The lowest BCUT2D eigenvalue weighted by molar-refractivity contribution is -0.140. The number of hydrogen-bond donors (Lipinski definition) is 1. The minimum atomic E-state index is -1.11. The number of rotatable bonds is 12. The number of carboxylic acids is 1. The highest BCUT2D eigenvalue weighted by Crippen LogP contribution is 2.41. The molecule has 0 fully saturated rings. The molecule has 0 aliphatic carbocycles. The minimum Gasteiger partial charge on any atom is -0.493 e. The lowest BCUT2D eigenvalue weighted by Gasteiger charge is -2.26. The smallest absolute Gasteiger partial charge is 0.341 e. The van der Waals surface area contributed by atoms with Gasteiger partial charge in [0.1, 0.15) is 6.04 Å². The summed E-state index contributed by atoms with van der Waals surface area (Å²) in [7, 11) is 1.52. The Morgan fingerprint density at radius 2 is 1.81 bits per heavy atom. The van der Waals surface area contributed by atoms with Crippen molar-refractivity contribution in [3.63, 3.8) is 0 Å². The van der Waals surface area contributed by atoms with Crippen LogP contribution in [0.4, 0.5) is 0 Å². The van der Waals surface area contributed by atoms with Gasteiger partial charge in [-0.25, -0.2) is 14.6 Å². The van der Waals surface area contributed by atoms with Gasteiger partial charge in [0.2, 0.25) is 0 Å². The van der Waals surface area contributed by atoms with Crippen LogP contribution in [0.25, 0.3) is 6.08 Å². The Kier molecular flexibility index (Phi) is 10.5. The van der Waals surface area contributed by atoms with Crippen molar-refractivity contribution in [1.29, 1.82) is 0 Å². The Balaban J connectivity index is 1.95. The number of carbonyl (C=O) groups is 2. The Hall–Kier alpha value is -3.85. The average molecular weight is 723 g/mol. The average Bonchev–Trinajstić information content (AvgIpc) is 3.26. The first-order chi connectivity index (χ1) is 20.6. The number of ether oxygens (including phenoxy) is 5. The van der Waals surface area contributed by atoms with Gasteiger partial charge in [-0.3, -0.25) is 9.36 Å². The van der Waals surface area contributed by atoms with Gasteiger partial charge in [-0.2, -0.15) is 0 Å². The molecule has 2 heterocycles. The summed E-state index contributed by atoms with van der Waals surface area (Å²) in [4.78, 5) is 43.5. The Labute approximate surface area is 265 Å². The number of methoxy groups -OCH3 is 1. The maximum absolute atomic E-state index is 14.1. The molecule has 4 rings (SSSR count). The summed E-state index contributed by atoms with van der Waals surface area (Å²) in [5.41, 5.74) is 1.47. The second-order valence-corrected chi connectivity index (χ2v) is 11.2. The highest BCUT2D eigenvalue weighted by atomic mass is 127. The van der Waals surface area contributed by atoms with Crippen LogP contribution in [0.3, 0.4) is 0 Å². The van der Waals surface area contributed by atoms with E-state index in [1.165, 1.54) is 23.0 Å². The van der Waals surface area contributed by atoms with Gasteiger partial charge in [0.15, 0.2) is 34.4 Å². The molecular formula is C30H31IN2O9S. The molecule has 11 nitrogen and oxygen atoms in total. The van der Waals surface area contributed by atoms with Crippen LogP contribution < -0.4 is 33.8 Å². The molecule has 0 amide bonds. The molecule has 228 valence electrons. The van der Waals surface area contributed by atoms with E-state index in [9.17, 15) is 14.4 Å². The fourth-order valence-electron chi connectivity index (χ4n) is 4.65. The van der Waals surface area contributed by atoms with Crippen molar-refractivity contribution in [1.82, 2.24) is 4.57 Å². The topological polar surface area (TPSA) is 135 Å². The van der Waals surface area contributed by atoms with E-state index in [1.807, 2.05) is 29.5 Å². The summed E-state index contributed by atoms with van der Waals surface area (Å²) in [6.07, 6.45) is 1.70. The molecule has 43 heavy (non-hydrogen) atoms. The number of aliphatic carboxylic acids is 1. The third-order valence-electron chi connectivity index (χ3n) is 6.30. The molecule has 1 atom stereocenters. The lowest BCUT2D eigenvalue weighted by atomic mass is 9.94. The SMILES string of the molecule is CCOC(=O)C1=C(C)N=c2s/c(=C/c3cc(I)c(OCC(=O)O)c(OCC)c3)c(=O)n2[C@H]1c1cccc(OC)c1OCC. The van der Waals surface area contributed by atoms with E-state index in [4.69, 9.17) is 28.8 Å². The predicted molar refractivity (Wildman–Crippen MR) is 168 cm³/mol. The number of aromatic nitrogens is 1. The highest BCUT2D eigenvalue weighted by molar-refractivity contribution is 14.1. The first-order valence-electron chi connectivity index (χ1n) is 13.4. The summed E-state index contributed by atoms with van der Waals surface area (Å²) in [5, 5.41) is 9.06. The quantitative estimate of drug-likeness (QED) is 0.220. The third-order valence-corrected chi connectivity index (χ3v) is 8.08. The van der Waals surface area contributed by atoms with Crippen molar-refractivity contribution in [3.8, 4) is 23.0 Å². The van der Waals surface area contributed by atoms with Crippen LogP contribution >= 0.6 is 33.9 Å². The molecule has 0 spiro atoms. The van der Waals surface area contributed by atoms with Crippen molar-refractivity contribution in [2.75, 3.05) is 33.5 Å². The molecule has 0 saturated heterocycles. The van der Waals surface area contributed by atoms with Gasteiger partial charge in [-0.05, 0) is 80.1 Å². The molecule has 0 bridgehead atoms. The van der Waals surface area contributed by atoms with Gasteiger partial charge in [0, 0.05) is 5.56 Å². The van der Waals surface area contributed by atoms with Crippen LogP contribution in [0.2, 0.25) is 0 Å². The van der Waals surface area contributed by atoms with Crippen molar-refractivity contribution in [2.24, 2.45) is 4.99 Å². The molecule has 2 aromatic carbocycles. The van der Waals surface area contributed by atoms with Crippen LogP contribution in [0.15, 0.2) is 51.4 Å². The van der Waals surface area contributed by atoms with Crippen LogP contribution in [0.1, 0.15) is 44.9 Å².